The molecule has 1 amide bonds. The highest BCUT2D eigenvalue weighted by Crippen LogP contribution is 2.25. The third kappa shape index (κ3) is 3.38. The molecule has 4 rings (SSSR count). The average Bonchev–Trinajstić information content (AvgIpc) is 3.22. The van der Waals surface area contributed by atoms with Gasteiger partial charge < -0.3 is 9.73 Å². The Labute approximate surface area is 152 Å². The smallest absolute Gasteiger partial charge is 0.251 e. The number of aryl methyl sites for hydroxylation is 2. The standard InChI is InChI=1S/C21H21N3O2/c1-14(18-11-6-15-4-2-3-5-19(15)12-18)23-20(25)16-7-9-17(10-8-16)21-24-22-13-26-21/h6-14H,2-5H2,1H3,(H,23,25)/t14-/m0/s1. The molecule has 3 aromatic rings. The summed E-state index contributed by atoms with van der Waals surface area (Å²) in [5.41, 5.74) is 5.44. The number of aromatic nitrogens is 2. The number of nitrogens with zero attached hydrogens (tertiary/aromatic N) is 2. The van der Waals surface area contributed by atoms with Crippen molar-refractivity contribution < 1.29 is 9.21 Å². The second kappa shape index (κ2) is 7.12. The minimum absolute atomic E-state index is 0.0367. The summed E-state index contributed by atoms with van der Waals surface area (Å²) in [6.45, 7) is 2.02. The van der Waals surface area contributed by atoms with Crippen molar-refractivity contribution >= 4 is 5.91 Å². The van der Waals surface area contributed by atoms with Crippen molar-refractivity contribution in [1.29, 1.82) is 0 Å². The maximum absolute atomic E-state index is 12.6. The maximum Gasteiger partial charge on any atom is 0.251 e. The Kier molecular flexibility index (Phi) is 4.52. The summed E-state index contributed by atoms with van der Waals surface area (Å²) in [7, 11) is 0. The van der Waals surface area contributed by atoms with E-state index in [0.717, 1.165) is 17.5 Å². The Morgan fingerprint density at radius 2 is 1.85 bits per heavy atom. The fraction of sp³-hybridized carbons (Fsp3) is 0.286. The lowest BCUT2D eigenvalue weighted by molar-refractivity contribution is 0.0940. The van der Waals surface area contributed by atoms with E-state index < -0.39 is 0 Å². The van der Waals surface area contributed by atoms with Crippen LogP contribution >= 0.6 is 0 Å². The molecule has 2 aromatic carbocycles. The molecule has 132 valence electrons. The van der Waals surface area contributed by atoms with Crippen molar-refractivity contribution in [1.82, 2.24) is 15.5 Å². The van der Waals surface area contributed by atoms with Gasteiger partial charge in [0.15, 0.2) is 0 Å². The number of carbonyl (C=O) groups excluding carboxylic acids is 1. The molecule has 1 N–H and O–H groups in total. The van der Waals surface area contributed by atoms with Crippen LogP contribution in [0, 0.1) is 0 Å². The van der Waals surface area contributed by atoms with E-state index >= 15 is 0 Å². The normalized spacial score (nSPS) is 14.5. The van der Waals surface area contributed by atoms with Gasteiger partial charge in [0, 0.05) is 11.1 Å². The van der Waals surface area contributed by atoms with Gasteiger partial charge in [0.2, 0.25) is 12.3 Å². The van der Waals surface area contributed by atoms with E-state index in [2.05, 4.69) is 33.7 Å². The fourth-order valence-electron chi connectivity index (χ4n) is 3.45. The van der Waals surface area contributed by atoms with Crippen LogP contribution in [0.15, 0.2) is 53.3 Å². The fourth-order valence-corrected chi connectivity index (χ4v) is 3.45. The van der Waals surface area contributed by atoms with Gasteiger partial charge in [-0.05, 0) is 73.6 Å². The second-order valence-corrected chi connectivity index (χ2v) is 6.75. The third-order valence-corrected chi connectivity index (χ3v) is 4.97. The van der Waals surface area contributed by atoms with Crippen LogP contribution in [-0.4, -0.2) is 16.1 Å². The summed E-state index contributed by atoms with van der Waals surface area (Å²) in [5, 5.41) is 10.6. The first-order valence-electron chi connectivity index (χ1n) is 9.00. The van der Waals surface area contributed by atoms with E-state index in [0.29, 0.717) is 11.5 Å². The van der Waals surface area contributed by atoms with Crippen LogP contribution in [0.25, 0.3) is 11.5 Å². The molecule has 1 aromatic heterocycles. The molecule has 0 saturated carbocycles. The summed E-state index contributed by atoms with van der Waals surface area (Å²) in [4.78, 5) is 12.6. The van der Waals surface area contributed by atoms with Crippen molar-refractivity contribution in [3.8, 4) is 11.5 Å². The number of hydrogen-bond donors (Lipinski definition) is 1. The van der Waals surface area contributed by atoms with E-state index in [9.17, 15) is 4.79 Å². The summed E-state index contributed by atoms with van der Waals surface area (Å²) in [5.74, 6) is 0.353. The zero-order chi connectivity index (χ0) is 17.9. The van der Waals surface area contributed by atoms with Gasteiger partial charge in [-0.1, -0.05) is 18.2 Å². The first-order valence-corrected chi connectivity index (χ1v) is 9.00. The minimum atomic E-state index is -0.0905. The van der Waals surface area contributed by atoms with Gasteiger partial charge in [0.1, 0.15) is 0 Å². The molecule has 5 nitrogen and oxygen atoms in total. The maximum atomic E-state index is 12.6. The Bertz CT molecular complexity index is 902. The number of hydrogen-bond acceptors (Lipinski definition) is 4. The van der Waals surface area contributed by atoms with Crippen LogP contribution in [-0.2, 0) is 12.8 Å². The van der Waals surface area contributed by atoms with Gasteiger partial charge in [-0.2, -0.15) is 0 Å². The van der Waals surface area contributed by atoms with Gasteiger partial charge in [-0.15, -0.1) is 10.2 Å². The molecule has 0 saturated heterocycles. The predicted octanol–water partition coefficient (Wildman–Crippen LogP) is 4.11. The minimum Gasteiger partial charge on any atom is -0.423 e. The summed E-state index contributed by atoms with van der Waals surface area (Å²) in [6, 6.07) is 13.7. The number of nitrogens with one attached hydrogen (secondary N) is 1. The van der Waals surface area contributed by atoms with Crippen LogP contribution in [0.3, 0.4) is 0 Å². The van der Waals surface area contributed by atoms with E-state index in [1.807, 2.05) is 19.1 Å². The quantitative estimate of drug-likeness (QED) is 0.771. The third-order valence-electron chi connectivity index (χ3n) is 4.97. The van der Waals surface area contributed by atoms with Gasteiger partial charge >= 0.3 is 0 Å². The number of fused-ring (bicyclic) bond motifs is 1. The van der Waals surface area contributed by atoms with E-state index in [1.165, 1.54) is 36.8 Å². The Morgan fingerprint density at radius 1 is 1.08 bits per heavy atom. The van der Waals surface area contributed by atoms with Crippen molar-refractivity contribution in [3.05, 3.63) is 71.1 Å². The SMILES string of the molecule is C[C@H](NC(=O)c1ccc(-c2nnco2)cc1)c1ccc2c(c1)CCCC2. The van der Waals surface area contributed by atoms with Crippen molar-refractivity contribution in [2.45, 2.75) is 38.6 Å². The van der Waals surface area contributed by atoms with E-state index in [1.54, 1.807) is 12.1 Å². The summed E-state index contributed by atoms with van der Waals surface area (Å²) in [6.07, 6.45) is 6.13. The monoisotopic (exact) mass is 347 g/mol. The first-order chi connectivity index (χ1) is 12.7. The Morgan fingerprint density at radius 3 is 2.58 bits per heavy atom. The molecule has 5 heteroatoms. The van der Waals surface area contributed by atoms with Crippen LogP contribution in [0.5, 0.6) is 0 Å². The molecule has 0 bridgehead atoms. The summed E-state index contributed by atoms with van der Waals surface area (Å²) < 4.78 is 5.16. The van der Waals surface area contributed by atoms with Gasteiger partial charge in [0.25, 0.3) is 5.91 Å². The molecular weight excluding hydrogens is 326 g/mol. The highest BCUT2D eigenvalue weighted by atomic mass is 16.4. The second-order valence-electron chi connectivity index (χ2n) is 6.75. The van der Waals surface area contributed by atoms with Crippen LogP contribution < -0.4 is 5.32 Å². The molecule has 0 fully saturated rings. The average molecular weight is 347 g/mol. The Hall–Kier alpha value is -2.95. The topological polar surface area (TPSA) is 68.0 Å². The van der Waals surface area contributed by atoms with Crippen molar-refractivity contribution in [3.63, 3.8) is 0 Å². The number of rotatable bonds is 4. The summed E-state index contributed by atoms with van der Waals surface area (Å²) >= 11 is 0. The first kappa shape index (κ1) is 16.5. The van der Waals surface area contributed by atoms with Gasteiger partial charge in [-0.25, -0.2) is 0 Å². The zero-order valence-electron chi connectivity index (χ0n) is 14.7. The van der Waals surface area contributed by atoms with Crippen molar-refractivity contribution in [2.75, 3.05) is 0 Å². The molecule has 1 heterocycles. The lowest BCUT2D eigenvalue weighted by Crippen LogP contribution is -2.26. The number of amides is 1. The predicted molar refractivity (Wildman–Crippen MR) is 98.7 cm³/mol. The molecule has 0 radical (unpaired) electrons. The van der Waals surface area contributed by atoms with Crippen LogP contribution in [0.1, 0.15) is 52.9 Å². The van der Waals surface area contributed by atoms with Gasteiger partial charge in [-0.3, -0.25) is 4.79 Å². The highest BCUT2D eigenvalue weighted by molar-refractivity contribution is 5.94. The lowest BCUT2D eigenvalue weighted by atomic mass is 9.89. The zero-order valence-corrected chi connectivity index (χ0v) is 14.7. The molecule has 0 spiro atoms. The molecule has 1 aliphatic rings. The van der Waals surface area contributed by atoms with Crippen molar-refractivity contribution in [2.24, 2.45) is 0 Å². The molecule has 0 unspecified atom stereocenters. The van der Waals surface area contributed by atoms with Crippen LogP contribution in [0.2, 0.25) is 0 Å². The molecule has 1 aliphatic carbocycles. The number of benzene rings is 2. The highest BCUT2D eigenvalue weighted by Gasteiger charge is 2.15. The van der Waals surface area contributed by atoms with Gasteiger partial charge in [0.05, 0.1) is 6.04 Å². The van der Waals surface area contributed by atoms with Crippen LogP contribution in [0.4, 0.5) is 0 Å². The molecular formula is C21H21N3O2. The lowest BCUT2D eigenvalue weighted by Gasteiger charge is -2.20. The molecule has 26 heavy (non-hydrogen) atoms. The van der Waals surface area contributed by atoms with E-state index in [-0.39, 0.29) is 11.9 Å². The van der Waals surface area contributed by atoms with E-state index in [4.69, 9.17) is 4.42 Å². The molecule has 1 atom stereocenters. The number of carbonyl (C=O) groups is 1. The largest absolute Gasteiger partial charge is 0.423 e. The molecule has 0 aliphatic heterocycles. The Balaban J connectivity index is 1.45.